The molecule has 12 nitrogen and oxygen atoms in total. The van der Waals surface area contributed by atoms with E-state index >= 15 is 0 Å². The van der Waals surface area contributed by atoms with Crippen molar-refractivity contribution in [3.05, 3.63) is 25.4 Å². The quantitative estimate of drug-likeness (QED) is 0.106. The fraction of sp³-hybridized carbons (Fsp3) is 0.816. The highest BCUT2D eigenvalue weighted by atomic mass is 16.2. The van der Waals surface area contributed by atoms with Crippen molar-refractivity contribution in [1.29, 1.82) is 0 Å². The molecule has 0 aromatic carbocycles. The van der Waals surface area contributed by atoms with E-state index in [0.29, 0.717) is 13.0 Å². The van der Waals surface area contributed by atoms with Gasteiger partial charge in [0.05, 0.1) is 6.04 Å². The van der Waals surface area contributed by atoms with E-state index in [1.54, 1.807) is 4.90 Å². The first-order valence-electron chi connectivity index (χ1n) is 23.8. The number of hydrogen-bond donors (Lipinski definition) is 4. The van der Waals surface area contributed by atoms with Gasteiger partial charge >= 0.3 is 0 Å². The maximum absolute atomic E-state index is 14.5. The summed E-state index contributed by atoms with van der Waals surface area (Å²) >= 11 is 0. The first-order valence-corrected chi connectivity index (χ1v) is 23.8. The summed E-state index contributed by atoms with van der Waals surface area (Å²) in [7, 11) is 0. The zero-order valence-corrected chi connectivity index (χ0v) is 40.1. The number of amides is 4. The highest BCUT2D eigenvalue weighted by Gasteiger charge is 2.85. The van der Waals surface area contributed by atoms with E-state index in [-0.39, 0.29) is 52.0 Å². The number of primary amides is 1. The molecule has 2 unspecified atom stereocenters. The number of piperidine rings is 1. The first-order chi connectivity index (χ1) is 28.8. The summed E-state index contributed by atoms with van der Waals surface area (Å²) in [6, 6.07) is -2.23. The van der Waals surface area contributed by atoms with Crippen LogP contribution < -0.4 is 21.8 Å². The second-order valence-corrected chi connectivity index (χ2v) is 20.6. The van der Waals surface area contributed by atoms with Gasteiger partial charge in [0.25, 0.3) is 0 Å². The zero-order valence-electron chi connectivity index (χ0n) is 40.1. The molecule has 7 atom stereocenters. The van der Waals surface area contributed by atoms with E-state index in [1.165, 1.54) is 25.0 Å². The molecule has 4 aliphatic carbocycles. The van der Waals surface area contributed by atoms with Crippen molar-refractivity contribution < 1.29 is 24.0 Å². The third kappa shape index (κ3) is 10.9. The van der Waals surface area contributed by atoms with Crippen LogP contribution in [0.15, 0.2) is 25.4 Å². The maximum Gasteiger partial charge on any atom is 0.246 e. The summed E-state index contributed by atoms with van der Waals surface area (Å²) in [6.07, 6.45) is 14.5. The van der Waals surface area contributed by atoms with Crippen molar-refractivity contribution in [1.82, 2.24) is 30.9 Å². The Morgan fingerprint density at radius 3 is 1.90 bits per heavy atom. The van der Waals surface area contributed by atoms with E-state index < -0.39 is 29.4 Å². The minimum atomic E-state index is -0.851. The summed E-state index contributed by atoms with van der Waals surface area (Å²) in [5.41, 5.74) is 10.0. The molecule has 61 heavy (non-hydrogen) atoms. The number of allylic oxidation sites excluding steroid dienone is 1. The zero-order chi connectivity index (χ0) is 46.1. The third-order valence-corrected chi connectivity index (χ3v) is 16.0. The normalized spacial score (nSPS) is 28.4. The number of rotatable bonds is 14. The number of hydrogen-bond acceptors (Lipinski definition) is 8. The van der Waals surface area contributed by atoms with Crippen molar-refractivity contribution in [3.8, 4) is 0 Å². The SMILES string of the molecule is C=C.C=C(NN(CC)CC)[C@H]1CC1CC.C=O.CC(C)N1CCCC[C@H]1C(=O)NC(C(=O)N[C@H](C(=O)N1C[C@]2(C[C@H]1C(N)=O)C(C)(C)C21CCC1)C(C)(C)C)C1CCCCC1. The van der Waals surface area contributed by atoms with Crippen LogP contribution in [-0.4, -0.2) is 102 Å². The first kappa shape index (κ1) is 52.1. The van der Waals surface area contributed by atoms with Gasteiger partial charge in [-0.1, -0.05) is 100 Å². The molecule has 2 heterocycles. The monoisotopic (exact) mass is 854 g/mol. The third-order valence-electron chi connectivity index (χ3n) is 16.0. The van der Waals surface area contributed by atoms with Gasteiger partial charge in [-0.05, 0) is 99.8 Å². The van der Waals surface area contributed by atoms with Gasteiger partial charge in [-0.25, -0.2) is 5.01 Å². The van der Waals surface area contributed by atoms with E-state index in [4.69, 9.17) is 10.5 Å². The van der Waals surface area contributed by atoms with E-state index in [9.17, 15) is 19.2 Å². The van der Waals surface area contributed by atoms with Crippen molar-refractivity contribution in [2.75, 3.05) is 26.2 Å². The molecule has 0 radical (unpaired) electrons. The lowest BCUT2D eigenvalue weighted by atomic mass is 9.73. The van der Waals surface area contributed by atoms with Gasteiger partial charge in [0.15, 0.2) is 0 Å². The summed E-state index contributed by atoms with van der Waals surface area (Å²) in [5, 5.41) is 8.54. The molecule has 6 rings (SSSR count). The maximum atomic E-state index is 14.5. The van der Waals surface area contributed by atoms with Gasteiger partial charge < -0.3 is 31.5 Å². The van der Waals surface area contributed by atoms with Gasteiger partial charge in [0.1, 0.15) is 24.9 Å². The number of nitrogens with two attached hydrogens (primary N) is 1. The summed E-state index contributed by atoms with van der Waals surface area (Å²) in [4.78, 5) is 67.3. The Labute approximate surface area is 370 Å². The van der Waals surface area contributed by atoms with E-state index in [1.807, 2.05) is 27.6 Å². The molecule has 12 heteroatoms. The molecule has 0 aromatic heterocycles. The number of carbonyl (C=O) groups excluding carboxylic acids is 5. The van der Waals surface area contributed by atoms with Crippen LogP contribution in [0.1, 0.15) is 159 Å². The Balaban J connectivity index is 0.000000493. The second-order valence-electron chi connectivity index (χ2n) is 20.6. The average Bonchev–Trinajstić information content (AvgIpc) is 4.04. The van der Waals surface area contributed by atoms with Crippen LogP contribution in [0, 0.1) is 39.4 Å². The van der Waals surface area contributed by atoms with Crippen molar-refractivity contribution >= 4 is 30.4 Å². The van der Waals surface area contributed by atoms with Crippen LogP contribution in [0.4, 0.5) is 0 Å². The molecule has 6 aliphatic rings. The highest BCUT2D eigenvalue weighted by molar-refractivity contribution is 5.95. The Hall–Kier alpha value is -3.25. The minimum Gasteiger partial charge on any atom is -0.368 e. The molecule has 2 spiro atoms. The highest BCUT2D eigenvalue weighted by Crippen LogP contribution is 2.88. The van der Waals surface area contributed by atoms with Crippen molar-refractivity contribution in [2.45, 2.75) is 189 Å². The number of likely N-dealkylation sites (tertiary alicyclic amines) is 2. The molecular formula is C49H87N7O5. The largest absolute Gasteiger partial charge is 0.368 e. The Morgan fingerprint density at radius 2 is 1.44 bits per heavy atom. The predicted octanol–water partition coefficient (Wildman–Crippen LogP) is 7.14. The van der Waals surface area contributed by atoms with Crippen molar-refractivity contribution in [2.24, 2.45) is 45.1 Å². The van der Waals surface area contributed by atoms with Crippen LogP contribution in [0.25, 0.3) is 0 Å². The molecule has 5 N–H and O–H groups in total. The molecule has 0 bridgehead atoms. The van der Waals surface area contributed by atoms with Crippen LogP contribution in [0.5, 0.6) is 0 Å². The summed E-state index contributed by atoms with van der Waals surface area (Å²) < 4.78 is 0. The standard InChI is InChI=1S/C35H59N5O4.C11H22N2.C2H4.CH2O/c1-22(2)39-19-12-11-16-24(39)29(42)37-26(23-14-9-8-10-15-23)30(43)38-27(32(3,4)5)31(44)40-21-35(20-25(40)28(36)41)33(6,7)34(35)17-13-18-34;1-5-10-8-11(10)9(4)12-13(6-2)7-3;2*1-2/h22-27H,8-21H2,1-7H3,(H2,36,41)(H,37,42)(H,38,43);10-12H,4-8H2,1-3H3;1-2H2;1H2/t24-,25-,26?,27+,35+;10?,11-;;/m01../s1. The van der Waals surface area contributed by atoms with Crippen LogP contribution in [0.2, 0.25) is 0 Å². The molecule has 348 valence electrons. The number of nitrogens with zero attached hydrogens (tertiary/aromatic N) is 3. The summed E-state index contributed by atoms with van der Waals surface area (Å²) in [6.45, 7) is 36.8. The minimum absolute atomic E-state index is 0.0265. The Morgan fingerprint density at radius 1 is 0.852 bits per heavy atom. The van der Waals surface area contributed by atoms with E-state index in [2.05, 4.69) is 94.2 Å². The molecule has 4 amide bonds. The lowest BCUT2D eigenvalue weighted by Crippen LogP contribution is -2.62. The number of hydrazine groups is 1. The average molecular weight is 854 g/mol. The topological polar surface area (TPSA) is 157 Å². The van der Waals surface area contributed by atoms with Crippen molar-refractivity contribution in [3.63, 3.8) is 0 Å². The molecule has 2 saturated heterocycles. The number of carbonyl (C=O) groups is 5. The summed E-state index contributed by atoms with van der Waals surface area (Å²) in [5.74, 6) is 0.577. The smallest absolute Gasteiger partial charge is 0.246 e. The second kappa shape index (κ2) is 21.9. The van der Waals surface area contributed by atoms with Gasteiger partial charge in [-0.2, -0.15) is 0 Å². The Kier molecular flexibility index (Phi) is 18.7. The molecule has 0 aromatic rings. The van der Waals surface area contributed by atoms with Gasteiger partial charge in [-0.15, -0.1) is 13.2 Å². The van der Waals surface area contributed by atoms with Gasteiger partial charge in [0, 0.05) is 42.7 Å². The lowest BCUT2D eigenvalue weighted by Gasteiger charge is -2.40. The molecule has 4 saturated carbocycles. The van der Waals surface area contributed by atoms with Gasteiger partial charge in [0.2, 0.25) is 23.6 Å². The fourth-order valence-corrected chi connectivity index (χ4v) is 11.9. The lowest BCUT2D eigenvalue weighted by molar-refractivity contribution is -0.144. The molecule has 2 aliphatic heterocycles. The predicted molar refractivity (Wildman–Crippen MR) is 247 cm³/mol. The van der Waals surface area contributed by atoms with Crippen LogP contribution in [0.3, 0.4) is 0 Å². The van der Waals surface area contributed by atoms with Crippen LogP contribution >= 0.6 is 0 Å². The number of nitrogens with one attached hydrogen (secondary N) is 3. The van der Waals surface area contributed by atoms with Crippen LogP contribution in [-0.2, 0) is 24.0 Å². The fourth-order valence-electron chi connectivity index (χ4n) is 11.9. The van der Waals surface area contributed by atoms with Gasteiger partial charge in [-0.3, -0.25) is 24.1 Å². The molecule has 6 fully saturated rings. The van der Waals surface area contributed by atoms with E-state index in [0.717, 1.165) is 95.7 Å². The molecular weight excluding hydrogens is 767 g/mol. The number of fused-ring (bicyclic) bond motifs is 1. The Bertz CT molecular complexity index is 1490.